The summed E-state index contributed by atoms with van der Waals surface area (Å²) in [5.41, 5.74) is 1.97. The van der Waals surface area contributed by atoms with E-state index in [0.717, 1.165) is 31.1 Å². The van der Waals surface area contributed by atoms with Crippen molar-refractivity contribution in [2.24, 2.45) is 10.4 Å². The largest absolute Gasteiger partial charge is 0.465 e. The molecule has 1 aromatic rings. The van der Waals surface area contributed by atoms with E-state index in [-0.39, 0.29) is 5.97 Å². The van der Waals surface area contributed by atoms with E-state index >= 15 is 0 Å². The Morgan fingerprint density at radius 1 is 1.20 bits per heavy atom. The highest BCUT2D eigenvalue weighted by Crippen LogP contribution is 2.43. The van der Waals surface area contributed by atoms with Gasteiger partial charge in [-0.15, -0.1) is 0 Å². The van der Waals surface area contributed by atoms with Crippen LogP contribution in [0, 0.1) is 5.41 Å². The van der Waals surface area contributed by atoms with Gasteiger partial charge in [0.1, 0.15) is 0 Å². The molecule has 6 nitrogen and oxygen atoms in total. The minimum atomic E-state index is -0.321. The minimum Gasteiger partial charge on any atom is -0.465 e. The van der Waals surface area contributed by atoms with Crippen molar-refractivity contribution in [1.82, 2.24) is 10.6 Å². The molecule has 1 aliphatic rings. The molecule has 1 aliphatic carbocycles. The quantitative estimate of drug-likeness (QED) is 0.429. The number of aliphatic imine (C=N–C) groups is 1. The predicted octanol–water partition coefficient (Wildman–Crippen LogP) is 2.34. The second-order valence-electron chi connectivity index (χ2n) is 6.56. The van der Waals surface area contributed by atoms with Gasteiger partial charge >= 0.3 is 5.97 Å². The van der Waals surface area contributed by atoms with Crippen LogP contribution in [0.15, 0.2) is 29.3 Å². The number of esters is 1. The number of carbonyl (C=O) groups is 1. The highest BCUT2D eigenvalue weighted by molar-refractivity contribution is 5.89. The summed E-state index contributed by atoms with van der Waals surface area (Å²) in [6.45, 7) is 2.36. The Bertz CT molecular complexity index is 580. The third kappa shape index (κ3) is 5.46. The number of guanidine groups is 1. The molecule has 1 aromatic carbocycles. The molecule has 2 N–H and O–H groups in total. The second-order valence-corrected chi connectivity index (χ2v) is 6.56. The van der Waals surface area contributed by atoms with Crippen LogP contribution in [0.25, 0.3) is 0 Å². The van der Waals surface area contributed by atoms with E-state index in [0.29, 0.717) is 17.5 Å². The van der Waals surface area contributed by atoms with Crippen molar-refractivity contribution < 1.29 is 14.3 Å². The number of benzene rings is 1. The van der Waals surface area contributed by atoms with Gasteiger partial charge in [0.2, 0.25) is 0 Å². The first kappa shape index (κ1) is 19.2. The summed E-state index contributed by atoms with van der Waals surface area (Å²) in [7, 11) is 4.92. The van der Waals surface area contributed by atoms with Crippen molar-refractivity contribution in [2.45, 2.75) is 32.2 Å². The van der Waals surface area contributed by atoms with E-state index < -0.39 is 0 Å². The highest BCUT2D eigenvalue weighted by atomic mass is 16.5. The SMILES string of the molecule is CN=C(NCc1ccc(C(=O)OC)cc1)NCC1(CCOC)CCC1. The van der Waals surface area contributed by atoms with Crippen molar-refractivity contribution in [3.8, 4) is 0 Å². The Balaban J connectivity index is 1.81. The fourth-order valence-electron chi connectivity index (χ4n) is 3.06. The zero-order chi connectivity index (χ0) is 18.1. The van der Waals surface area contributed by atoms with E-state index in [1.807, 2.05) is 12.1 Å². The minimum absolute atomic E-state index is 0.321. The molecule has 0 saturated heterocycles. The van der Waals surface area contributed by atoms with Gasteiger partial charge in [-0.25, -0.2) is 4.79 Å². The van der Waals surface area contributed by atoms with Crippen molar-refractivity contribution >= 4 is 11.9 Å². The van der Waals surface area contributed by atoms with Crippen molar-refractivity contribution in [3.05, 3.63) is 35.4 Å². The monoisotopic (exact) mass is 347 g/mol. The van der Waals surface area contributed by atoms with E-state index in [4.69, 9.17) is 9.47 Å². The van der Waals surface area contributed by atoms with Crippen molar-refractivity contribution in [2.75, 3.05) is 34.4 Å². The summed E-state index contributed by atoms with van der Waals surface area (Å²) in [5, 5.41) is 6.76. The number of ether oxygens (including phenoxy) is 2. The topological polar surface area (TPSA) is 72.0 Å². The first-order valence-corrected chi connectivity index (χ1v) is 8.73. The first-order chi connectivity index (χ1) is 12.1. The van der Waals surface area contributed by atoms with Gasteiger partial charge in [-0.1, -0.05) is 18.6 Å². The van der Waals surface area contributed by atoms with Gasteiger partial charge in [0.25, 0.3) is 0 Å². The lowest BCUT2D eigenvalue weighted by Gasteiger charge is -2.42. The molecule has 0 atom stereocenters. The lowest BCUT2D eigenvalue weighted by Crippen LogP contribution is -2.46. The smallest absolute Gasteiger partial charge is 0.337 e. The molecule has 0 heterocycles. The maximum atomic E-state index is 11.4. The van der Waals surface area contributed by atoms with Crippen molar-refractivity contribution in [1.29, 1.82) is 0 Å². The summed E-state index contributed by atoms with van der Waals surface area (Å²) in [6.07, 6.45) is 4.87. The first-order valence-electron chi connectivity index (χ1n) is 8.73. The molecule has 1 saturated carbocycles. The van der Waals surface area contributed by atoms with Gasteiger partial charge in [0.05, 0.1) is 12.7 Å². The average Bonchev–Trinajstić information content (AvgIpc) is 2.62. The van der Waals surface area contributed by atoms with E-state index in [2.05, 4.69) is 15.6 Å². The van der Waals surface area contributed by atoms with Gasteiger partial charge in [0.15, 0.2) is 5.96 Å². The number of nitrogens with zero attached hydrogens (tertiary/aromatic N) is 1. The van der Waals surface area contributed by atoms with Gasteiger partial charge in [-0.3, -0.25) is 4.99 Å². The van der Waals surface area contributed by atoms with Gasteiger partial charge in [-0.2, -0.15) is 0 Å². The lowest BCUT2D eigenvalue weighted by atomic mass is 9.67. The van der Waals surface area contributed by atoms with Crippen LogP contribution in [0.4, 0.5) is 0 Å². The van der Waals surface area contributed by atoms with Crippen LogP contribution in [0.5, 0.6) is 0 Å². The zero-order valence-electron chi connectivity index (χ0n) is 15.4. The molecule has 0 bridgehead atoms. The van der Waals surface area contributed by atoms with Crippen LogP contribution >= 0.6 is 0 Å². The molecule has 138 valence electrons. The standard InChI is InChI=1S/C19H29N3O3/c1-20-18(22-14-19(9-4-10-19)11-12-24-2)21-13-15-5-7-16(8-6-15)17(23)25-3/h5-8H,4,9-14H2,1-3H3,(H2,20,21,22). The third-order valence-corrected chi connectivity index (χ3v) is 4.94. The molecular formula is C19H29N3O3. The molecular weight excluding hydrogens is 318 g/mol. The van der Waals surface area contributed by atoms with Gasteiger partial charge in [0, 0.05) is 33.9 Å². The Hall–Kier alpha value is -2.08. The lowest BCUT2D eigenvalue weighted by molar-refractivity contribution is 0.0600. The molecule has 0 aliphatic heterocycles. The summed E-state index contributed by atoms with van der Waals surface area (Å²) >= 11 is 0. The molecule has 0 amide bonds. The molecule has 0 unspecified atom stereocenters. The predicted molar refractivity (Wildman–Crippen MR) is 98.8 cm³/mol. The Labute approximate surface area is 150 Å². The summed E-state index contributed by atoms with van der Waals surface area (Å²) in [6, 6.07) is 7.37. The van der Waals surface area contributed by atoms with E-state index in [1.54, 1.807) is 26.3 Å². The molecule has 2 rings (SSSR count). The van der Waals surface area contributed by atoms with Crippen LogP contribution < -0.4 is 10.6 Å². The molecule has 0 spiro atoms. The number of hydrogen-bond acceptors (Lipinski definition) is 4. The normalized spacial score (nSPS) is 16.0. The molecule has 6 heteroatoms. The highest BCUT2D eigenvalue weighted by Gasteiger charge is 2.36. The average molecular weight is 347 g/mol. The van der Waals surface area contributed by atoms with Crippen LogP contribution in [-0.2, 0) is 16.0 Å². The fraction of sp³-hybridized carbons (Fsp3) is 0.579. The van der Waals surface area contributed by atoms with E-state index in [1.165, 1.54) is 26.4 Å². The van der Waals surface area contributed by atoms with Crippen LogP contribution in [-0.4, -0.2) is 46.3 Å². The van der Waals surface area contributed by atoms with Crippen LogP contribution in [0.1, 0.15) is 41.6 Å². The van der Waals surface area contributed by atoms with Gasteiger partial charge in [-0.05, 0) is 42.4 Å². The zero-order valence-corrected chi connectivity index (χ0v) is 15.4. The summed E-state index contributed by atoms with van der Waals surface area (Å²) in [4.78, 5) is 15.7. The van der Waals surface area contributed by atoms with Crippen molar-refractivity contribution in [3.63, 3.8) is 0 Å². The molecule has 1 fully saturated rings. The maximum absolute atomic E-state index is 11.4. The van der Waals surface area contributed by atoms with Gasteiger partial charge < -0.3 is 20.1 Å². The number of nitrogens with one attached hydrogen (secondary N) is 2. The Kier molecular flexibility index (Phi) is 7.25. The molecule has 0 radical (unpaired) electrons. The number of methoxy groups -OCH3 is 2. The summed E-state index contributed by atoms with van der Waals surface area (Å²) in [5.74, 6) is 0.472. The molecule has 25 heavy (non-hydrogen) atoms. The van der Waals surface area contributed by atoms with E-state index in [9.17, 15) is 4.79 Å². The third-order valence-electron chi connectivity index (χ3n) is 4.94. The Morgan fingerprint density at radius 2 is 1.92 bits per heavy atom. The Morgan fingerprint density at radius 3 is 2.44 bits per heavy atom. The second kappa shape index (κ2) is 9.42. The van der Waals surface area contributed by atoms with Crippen LogP contribution in [0.2, 0.25) is 0 Å². The summed E-state index contributed by atoms with van der Waals surface area (Å²) < 4.78 is 9.95. The number of carbonyl (C=O) groups excluding carboxylic acids is 1. The molecule has 0 aromatic heterocycles. The maximum Gasteiger partial charge on any atom is 0.337 e. The fourth-order valence-corrected chi connectivity index (χ4v) is 3.06. The number of hydrogen-bond donors (Lipinski definition) is 2. The number of rotatable bonds is 8. The van der Waals surface area contributed by atoms with Crippen LogP contribution in [0.3, 0.4) is 0 Å².